The van der Waals surface area contributed by atoms with Gasteiger partial charge >= 0.3 is 5.97 Å². The van der Waals surface area contributed by atoms with Crippen LogP contribution >= 0.6 is 0 Å². The van der Waals surface area contributed by atoms with Crippen LogP contribution in [0.4, 0.5) is 10.1 Å². The van der Waals surface area contributed by atoms with E-state index in [-0.39, 0.29) is 78.3 Å². The Bertz CT molecular complexity index is 1750. The predicted octanol–water partition coefficient (Wildman–Crippen LogP) is 0.958. The molecule has 13 nitrogen and oxygen atoms in total. The summed E-state index contributed by atoms with van der Waals surface area (Å²) in [5.74, 6) is -2.85. The van der Waals surface area contributed by atoms with E-state index >= 15 is 0 Å². The highest BCUT2D eigenvalue weighted by Crippen LogP contribution is 2.30. The van der Waals surface area contributed by atoms with Gasteiger partial charge in [-0.2, -0.15) is 0 Å². The third-order valence-electron chi connectivity index (χ3n) is 7.31. The van der Waals surface area contributed by atoms with Crippen LogP contribution in [0.1, 0.15) is 29.6 Å². The number of nitrogen functional groups attached to an aromatic ring is 1. The number of nitrogens with one attached hydrogen (secondary N) is 3. The van der Waals surface area contributed by atoms with Gasteiger partial charge < -0.3 is 41.2 Å². The number of hydrogen-bond donors (Lipinski definition) is 7. The Labute approximate surface area is 237 Å². The first-order valence-electron chi connectivity index (χ1n) is 13.3. The number of likely N-dealkylation sites (tertiary alicyclic amines) is 1. The molecule has 0 unspecified atom stereocenters. The lowest BCUT2D eigenvalue weighted by molar-refractivity contribution is -0.153. The number of nitrogens with two attached hydrogens (primary N) is 1. The van der Waals surface area contributed by atoms with Crippen LogP contribution in [0.3, 0.4) is 0 Å². The number of fused-ring (bicyclic) bond motifs is 2. The molecule has 5 rings (SSSR count). The summed E-state index contributed by atoms with van der Waals surface area (Å²) < 4.78 is 14.4. The number of rotatable bonds is 10. The van der Waals surface area contributed by atoms with Crippen molar-refractivity contribution in [2.45, 2.75) is 31.5 Å². The maximum atomic E-state index is 14.4. The number of amides is 2. The monoisotopic (exact) mass is 580 g/mol. The van der Waals surface area contributed by atoms with Gasteiger partial charge in [0.1, 0.15) is 17.2 Å². The first-order chi connectivity index (χ1) is 20.0. The van der Waals surface area contributed by atoms with E-state index in [1.807, 2.05) is 0 Å². The van der Waals surface area contributed by atoms with E-state index in [4.69, 9.17) is 10.8 Å². The molecule has 2 amide bonds. The van der Waals surface area contributed by atoms with Crippen molar-refractivity contribution in [3.05, 3.63) is 58.1 Å². The number of anilines is 1. The number of nitrogens with zero attached hydrogens (tertiary/aromatic N) is 2. The highest BCUT2D eigenvalue weighted by atomic mass is 19.1. The zero-order chi connectivity index (χ0) is 30.1. The number of carbonyl (C=O) groups excluding carboxylic acids is 2. The molecule has 2 aromatic heterocycles. The highest BCUT2D eigenvalue weighted by molar-refractivity contribution is 6.00. The van der Waals surface area contributed by atoms with Crippen LogP contribution in [0, 0.1) is 11.7 Å². The molecular formula is C28H29FN6O7. The topological polar surface area (TPSA) is 215 Å². The van der Waals surface area contributed by atoms with Gasteiger partial charge in [-0.15, -0.1) is 0 Å². The number of halogens is 1. The van der Waals surface area contributed by atoms with Crippen molar-refractivity contribution in [3.63, 3.8) is 0 Å². The van der Waals surface area contributed by atoms with Crippen molar-refractivity contribution in [1.82, 2.24) is 25.2 Å². The van der Waals surface area contributed by atoms with Crippen LogP contribution < -0.4 is 16.6 Å². The average molecular weight is 581 g/mol. The number of carboxylic acid groups (broad SMARTS) is 1. The Hall–Kier alpha value is -4.82. The molecular weight excluding hydrogens is 551 g/mol. The minimum Gasteiger partial charge on any atom is -0.481 e. The number of hydrogen-bond acceptors (Lipinski definition) is 8. The lowest BCUT2D eigenvalue weighted by Gasteiger charge is -2.37. The van der Waals surface area contributed by atoms with Crippen LogP contribution in [0.2, 0.25) is 0 Å². The fraction of sp³-hybridized carbons (Fsp3) is 0.321. The summed E-state index contributed by atoms with van der Waals surface area (Å²) in [6.45, 7) is 0.307. The second-order valence-electron chi connectivity index (χ2n) is 10.3. The van der Waals surface area contributed by atoms with Crippen molar-refractivity contribution < 1.29 is 34.1 Å². The molecule has 1 aliphatic rings. The highest BCUT2D eigenvalue weighted by Gasteiger charge is 2.36. The van der Waals surface area contributed by atoms with Crippen LogP contribution in [0.15, 0.2) is 41.2 Å². The Kier molecular flexibility index (Phi) is 7.91. The van der Waals surface area contributed by atoms with E-state index in [0.29, 0.717) is 11.0 Å². The lowest BCUT2D eigenvalue weighted by atomic mass is 9.98. The number of aliphatic hydroxyl groups is 2. The number of carboxylic acids is 1. The van der Waals surface area contributed by atoms with E-state index in [9.17, 15) is 33.8 Å². The van der Waals surface area contributed by atoms with Crippen molar-refractivity contribution in [3.8, 4) is 11.4 Å². The molecule has 0 saturated carbocycles. The van der Waals surface area contributed by atoms with Gasteiger partial charge in [-0.05, 0) is 43.2 Å². The maximum absolute atomic E-state index is 14.4. The first kappa shape index (κ1) is 28.7. The molecule has 42 heavy (non-hydrogen) atoms. The van der Waals surface area contributed by atoms with Gasteiger partial charge in [0.15, 0.2) is 0 Å². The maximum Gasteiger partial charge on any atom is 0.310 e. The zero-order valence-corrected chi connectivity index (χ0v) is 22.3. The second-order valence-corrected chi connectivity index (χ2v) is 10.3. The van der Waals surface area contributed by atoms with Crippen molar-refractivity contribution >= 4 is 45.4 Å². The summed E-state index contributed by atoms with van der Waals surface area (Å²) in [6.07, 6.45) is -2.28. The van der Waals surface area contributed by atoms with Gasteiger partial charge in [-0.1, -0.05) is 6.07 Å². The molecule has 1 saturated heterocycles. The Morgan fingerprint density at radius 2 is 1.88 bits per heavy atom. The molecule has 0 aliphatic carbocycles. The van der Waals surface area contributed by atoms with Crippen molar-refractivity contribution in [2.75, 3.05) is 25.4 Å². The number of pyridine rings is 1. The van der Waals surface area contributed by atoms with Crippen LogP contribution in [0.5, 0.6) is 0 Å². The number of imidazole rings is 1. The second kappa shape index (κ2) is 11.6. The fourth-order valence-electron chi connectivity index (χ4n) is 4.98. The van der Waals surface area contributed by atoms with Gasteiger partial charge in [0, 0.05) is 25.2 Å². The Balaban J connectivity index is 1.17. The van der Waals surface area contributed by atoms with E-state index in [0.717, 1.165) is 0 Å². The molecule has 1 aliphatic heterocycles. The van der Waals surface area contributed by atoms with Gasteiger partial charge in [0.2, 0.25) is 5.91 Å². The molecule has 4 aromatic rings. The number of aliphatic carboxylic acids is 1. The van der Waals surface area contributed by atoms with E-state index in [1.54, 1.807) is 12.1 Å². The molecule has 3 heterocycles. The SMILES string of the molecule is Nc1c(-c2nc3ccc(C(=O)NCC[C@@H](O)C[C@@H](O)CC(=O)N4CC(C(=O)O)C4)cc3[nH]2)c(=O)[nH]c2cccc(F)c12. The number of benzene rings is 2. The van der Waals surface area contributed by atoms with E-state index < -0.39 is 41.4 Å². The normalized spacial score (nSPS) is 15.0. The summed E-state index contributed by atoms with van der Waals surface area (Å²) in [4.78, 5) is 59.7. The molecule has 2 aromatic carbocycles. The summed E-state index contributed by atoms with van der Waals surface area (Å²) in [7, 11) is 0. The molecule has 8 N–H and O–H groups in total. The fourth-order valence-corrected chi connectivity index (χ4v) is 4.98. The predicted molar refractivity (Wildman–Crippen MR) is 150 cm³/mol. The smallest absolute Gasteiger partial charge is 0.310 e. The number of aromatic amines is 2. The van der Waals surface area contributed by atoms with Crippen molar-refractivity contribution in [2.24, 2.45) is 5.92 Å². The number of aliphatic hydroxyl groups excluding tert-OH is 2. The average Bonchev–Trinajstić information content (AvgIpc) is 3.29. The summed E-state index contributed by atoms with van der Waals surface area (Å²) in [5, 5.41) is 32.0. The minimum atomic E-state index is -1.11. The van der Waals surface area contributed by atoms with Crippen molar-refractivity contribution in [1.29, 1.82) is 0 Å². The van der Waals surface area contributed by atoms with Crippen LogP contribution in [0.25, 0.3) is 33.3 Å². The third kappa shape index (κ3) is 5.80. The summed E-state index contributed by atoms with van der Waals surface area (Å²) in [6, 6.07) is 8.88. The van der Waals surface area contributed by atoms with Crippen LogP contribution in [-0.2, 0) is 9.59 Å². The van der Waals surface area contributed by atoms with E-state index in [1.165, 1.54) is 29.2 Å². The summed E-state index contributed by atoms with van der Waals surface area (Å²) in [5.41, 5.74) is 6.94. The summed E-state index contributed by atoms with van der Waals surface area (Å²) >= 11 is 0. The Morgan fingerprint density at radius 3 is 2.62 bits per heavy atom. The van der Waals surface area contributed by atoms with Gasteiger partial charge in [-0.25, -0.2) is 9.37 Å². The number of carbonyl (C=O) groups is 3. The zero-order valence-electron chi connectivity index (χ0n) is 22.3. The van der Waals surface area contributed by atoms with E-state index in [2.05, 4.69) is 20.3 Å². The molecule has 0 spiro atoms. The third-order valence-corrected chi connectivity index (χ3v) is 7.31. The molecule has 0 bridgehead atoms. The minimum absolute atomic E-state index is 0.0259. The first-order valence-corrected chi connectivity index (χ1v) is 13.3. The standard InChI is InChI=1S/C28H29FN6O7/c29-17-2-1-3-19-22(17)24(30)23(27(40)34-19)25-32-18-5-4-13(8-20(18)33-25)26(39)31-7-6-15(36)9-16(37)10-21(38)35-11-14(12-35)28(41)42/h1-5,8,14-16,36-37H,6-7,9-12H2,(H,31,39)(H,32,33)(H,41,42)(H3,30,34,40)/t15-,16-/m1/s1. The number of aromatic nitrogens is 3. The Morgan fingerprint density at radius 1 is 1.12 bits per heavy atom. The van der Waals surface area contributed by atoms with Gasteiger partial charge in [0.05, 0.1) is 52.2 Å². The quantitative estimate of drug-likeness (QED) is 0.142. The number of H-pyrrole nitrogens is 2. The largest absolute Gasteiger partial charge is 0.481 e. The van der Waals surface area contributed by atoms with Crippen LogP contribution in [-0.4, -0.2) is 84.8 Å². The molecule has 2 atom stereocenters. The molecule has 0 radical (unpaired) electrons. The van der Waals surface area contributed by atoms with Gasteiger partial charge in [-0.3, -0.25) is 19.2 Å². The molecule has 220 valence electrons. The van der Waals surface area contributed by atoms with Gasteiger partial charge in [0.25, 0.3) is 11.5 Å². The lowest BCUT2D eigenvalue weighted by Crippen LogP contribution is -2.53. The molecule has 14 heteroatoms. The molecule has 1 fully saturated rings.